The van der Waals surface area contributed by atoms with Crippen LogP contribution in [0.1, 0.15) is 36.8 Å². The van der Waals surface area contributed by atoms with Crippen LogP contribution in [-0.2, 0) is 16.1 Å². The van der Waals surface area contributed by atoms with Crippen molar-refractivity contribution < 1.29 is 9.59 Å². The molecule has 0 spiro atoms. The van der Waals surface area contributed by atoms with E-state index in [1.807, 2.05) is 6.07 Å². The first-order valence-electron chi connectivity index (χ1n) is 8.59. The van der Waals surface area contributed by atoms with Gasteiger partial charge in [-0.1, -0.05) is 42.7 Å². The Bertz CT molecular complexity index is 771. The van der Waals surface area contributed by atoms with E-state index in [0.29, 0.717) is 12.2 Å². The molecule has 2 atom stereocenters. The molecule has 0 bridgehead atoms. The summed E-state index contributed by atoms with van der Waals surface area (Å²) < 4.78 is 1.78. The van der Waals surface area contributed by atoms with Gasteiger partial charge in [0.25, 0.3) is 0 Å². The Morgan fingerprint density at radius 1 is 1.12 bits per heavy atom. The Balaban J connectivity index is 1.56. The zero-order chi connectivity index (χ0) is 16.7. The van der Waals surface area contributed by atoms with Gasteiger partial charge in [0.1, 0.15) is 0 Å². The van der Waals surface area contributed by atoms with Crippen LogP contribution in [0.4, 0.5) is 5.69 Å². The maximum absolute atomic E-state index is 12.6. The molecule has 0 radical (unpaired) electrons. The first-order chi connectivity index (χ1) is 11.6. The molecule has 1 aliphatic heterocycles. The number of benzene rings is 1. The second kappa shape index (κ2) is 5.89. The van der Waals surface area contributed by atoms with Crippen LogP contribution < -0.4 is 4.90 Å². The number of rotatable bonds is 3. The van der Waals surface area contributed by atoms with Crippen molar-refractivity contribution in [2.75, 3.05) is 4.90 Å². The van der Waals surface area contributed by atoms with E-state index in [1.165, 1.54) is 10.5 Å². The highest BCUT2D eigenvalue weighted by Crippen LogP contribution is 2.39. The lowest BCUT2D eigenvalue weighted by atomic mass is 9.81. The Kier molecular flexibility index (Phi) is 3.71. The van der Waals surface area contributed by atoms with Crippen molar-refractivity contribution >= 4 is 17.5 Å². The van der Waals surface area contributed by atoms with Crippen molar-refractivity contribution in [1.29, 1.82) is 0 Å². The molecule has 5 nitrogen and oxygen atoms in total. The zero-order valence-electron chi connectivity index (χ0n) is 13.8. The summed E-state index contributed by atoms with van der Waals surface area (Å²) in [4.78, 5) is 26.6. The summed E-state index contributed by atoms with van der Waals surface area (Å²) in [5.41, 5.74) is 2.96. The van der Waals surface area contributed by atoms with Crippen molar-refractivity contribution in [3.63, 3.8) is 0 Å². The molecule has 2 heterocycles. The topological polar surface area (TPSA) is 55.2 Å². The van der Waals surface area contributed by atoms with Crippen molar-refractivity contribution in [2.24, 2.45) is 11.8 Å². The minimum absolute atomic E-state index is 0.0418. The van der Waals surface area contributed by atoms with Gasteiger partial charge in [-0.3, -0.25) is 14.3 Å². The Labute approximate surface area is 141 Å². The number of hydrogen-bond donors (Lipinski definition) is 0. The van der Waals surface area contributed by atoms with E-state index in [-0.39, 0.29) is 23.7 Å². The third-order valence-electron chi connectivity index (χ3n) is 5.15. The molecule has 0 unspecified atom stereocenters. The second-order valence-corrected chi connectivity index (χ2v) is 6.89. The summed E-state index contributed by atoms with van der Waals surface area (Å²) >= 11 is 0. The van der Waals surface area contributed by atoms with E-state index in [2.05, 4.69) is 30.2 Å². The summed E-state index contributed by atoms with van der Waals surface area (Å²) in [6.45, 7) is 2.69. The van der Waals surface area contributed by atoms with Gasteiger partial charge in [-0.2, -0.15) is 5.10 Å². The Morgan fingerprint density at radius 2 is 1.83 bits per heavy atom. The summed E-state index contributed by atoms with van der Waals surface area (Å²) in [6, 6.07) is 8.24. The van der Waals surface area contributed by atoms with Gasteiger partial charge >= 0.3 is 0 Å². The summed E-state index contributed by atoms with van der Waals surface area (Å²) in [7, 11) is 0. The molecule has 124 valence electrons. The fourth-order valence-electron chi connectivity index (χ4n) is 3.97. The highest BCUT2D eigenvalue weighted by molar-refractivity contribution is 6.21. The number of aromatic nitrogens is 2. The molecule has 24 heavy (non-hydrogen) atoms. The SMILES string of the molecule is Cc1cccc(Cn2cc(N3C(=O)[C@H]4CCCC[C@H]4C3=O)cn2)c1. The van der Waals surface area contributed by atoms with Crippen molar-refractivity contribution in [2.45, 2.75) is 39.2 Å². The van der Waals surface area contributed by atoms with Gasteiger partial charge in [0.2, 0.25) is 11.8 Å². The molecule has 2 aromatic rings. The van der Waals surface area contributed by atoms with Crippen LogP contribution in [-0.4, -0.2) is 21.6 Å². The average Bonchev–Trinajstić information content (AvgIpc) is 3.11. The van der Waals surface area contributed by atoms with Gasteiger partial charge in [-0.25, -0.2) is 4.90 Å². The predicted molar refractivity (Wildman–Crippen MR) is 90.4 cm³/mol. The van der Waals surface area contributed by atoms with Crippen LogP contribution in [0, 0.1) is 18.8 Å². The lowest BCUT2D eigenvalue weighted by Crippen LogP contribution is -2.30. The predicted octanol–water partition coefficient (Wildman–Crippen LogP) is 2.92. The summed E-state index contributed by atoms with van der Waals surface area (Å²) in [6.07, 6.45) is 7.19. The fourth-order valence-corrected chi connectivity index (χ4v) is 3.97. The maximum atomic E-state index is 12.6. The number of aryl methyl sites for hydroxylation is 1. The number of nitrogens with zero attached hydrogens (tertiary/aromatic N) is 3. The van der Waals surface area contributed by atoms with Crippen LogP contribution in [0.2, 0.25) is 0 Å². The van der Waals surface area contributed by atoms with Gasteiger partial charge in [0.15, 0.2) is 0 Å². The fraction of sp³-hybridized carbons (Fsp3) is 0.421. The number of carbonyl (C=O) groups excluding carboxylic acids is 2. The van der Waals surface area contributed by atoms with E-state index in [0.717, 1.165) is 31.2 Å². The van der Waals surface area contributed by atoms with Crippen LogP contribution >= 0.6 is 0 Å². The molecule has 1 aromatic carbocycles. The normalized spacial score (nSPS) is 23.6. The number of anilines is 1. The molecule has 1 saturated carbocycles. The molecule has 1 aromatic heterocycles. The van der Waals surface area contributed by atoms with E-state index < -0.39 is 0 Å². The van der Waals surface area contributed by atoms with E-state index in [4.69, 9.17) is 0 Å². The van der Waals surface area contributed by atoms with Crippen LogP contribution in [0.25, 0.3) is 0 Å². The molecule has 2 aliphatic rings. The van der Waals surface area contributed by atoms with E-state index in [1.54, 1.807) is 17.1 Å². The third-order valence-corrected chi connectivity index (χ3v) is 5.15. The van der Waals surface area contributed by atoms with Crippen molar-refractivity contribution in [1.82, 2.24) is 9.78 Å². The standard InChI is InChI=1S/C19H21N3O2/c1-13-5-4-6-14(9-13)11-21-12-15(10-20-21)22-18(23)16-7-2-3-8-17(16)19(22)24/h4-6,9-10,12,16-17H,2-3,7-8,11H2,1H3/t16-,17+. The number of carbonyl (C=O) groups is 2. The first-order valence-corrected chi connectivity index (χ1v) is 8.59. The molecule has 1 saturated heterocycles. The molecule has 0 N–H and O–H groups in total. The first kappa shape index (κ1) is 15.1. The smallest absolute Gasteiger partial charge is 0.237 e. The third kappa shape index (κ3) is 2.54. The highest BCUT2D eigenvalue weighted by atomic mass is 16.2. The van der Waals surface area contributed by atoms with Crippen LogP contribution in [0.3, 0.4) is 0 Å². The van der Waals surface area contributed by atoms with Crippen molar-refractivity contribution in [3.8, 4) is 0 Å². The molecular formula is C19H21N3O2. The largest absolute Gasteiger partial charge is 0.274 e. The van der Waals surface area contributed by atoms with Gasteiger partial charge in [-0.15, -0.1) is 0 Å². The second-order valence-electron chi connectivity index (χ2n) is 6.89. The minimum Gasteiger partial charge on any atom is -0.274 e. The molecular weight excluding hydrogens is 302 g/mol. The maximum Gasteiger partial charge on any atom is 0.237 e. The Morgan fingerprint density at radius 3 is 2.50 bits per heavy atom. The molecule has 2 fully saturated rings. The van der Waals surface area contributed by atoms with Crippen LogP contribution in [0.5, 0.6) is 0 Å². The number of amides is 2. The van der Waals surface area contributed by atoms with Crippen molar-refractivity contribution in [3.05, 3.63) is 47.8 Å². The lowest BCUT2D eigenvalue weighted by Gasteiger charge is -2.19. The monoisotopic (exact) mass is 323 g/mol. The number of hydrogen-bond acceptors (Lipinski definition) is 3. The quantitative estimate of drug-likeness (QED) is 0.816. The molecule has 2 amide bonds. The Hall–Kier alpha value is -2.43. The number of imide groups is 1. The average molecular weight is 323 g/mol. The lowest BCUT2D eigenvalue weighted by molar-refractivity contribution is -0.122. The number of fused-ring (bicyclic) bond motifs is 1. The highest BCUT2D eigenvalue weighted by Gasteiger charge is 2.49. The van der Waals surface area contributed by atoms with E-state index in [9.17, 15) is 9.59 Å². The zero-order valence-corrected chi connectivity index (χ0v) is 13.8. The molecule has 4 rings (SSSR count). The summed E-state index contributed by atoms with van der Waals surface area (Å²) in [5.74, 6) is -0.322. The molecule has 1 aliphatic carbocycles. The van der Waals surface area contributed by atoms with Gasteiger partial charge in [0.05, 0.1) is 30.3 Å². The van der Waals surface area contributed by atoms with Gasteiger partial charge in [-0.05, 0) is 25.3 Å². The van der Waals surface area contributed by atoms with Gasteiger partial charge in [0, 0.05) is 6.20 Å². The molecule has 5 heteroatoms. The van der Waals surface area contributed by atoms with Crippen LogP contribution in [0.15, 0.2) is 36.7 Å². The van der Waals surface area contributed by atoms with E-state index >= 15 is 0 Å². The minimum atomic E-state index is -0.119. The van der Waals surface area contributed by atoms with Gasteiger partial charge < -0.3 is 0 Å². The summed E-state index contributed by atoms with van der Waals surface area (Å²) in [5, 5.41) is 4.34.